The number of carboxylic acids is 1. The van der Waals surface area contributed by atoms with Crippen molar-refractivity contribution in [3.8, 4) is 0 Å². The smallest absolute Gasteiger partial charge is 0.326 e. The molecule has 0 aromatic rings. The van der Waals surface area contributed by atoms with Gasteiger partial charge in [0.2, 0.25) is 5.91 Å². The highest BCUT2D eigenvalue weighted by Gasteiger charge is 2.46. The number of hydrogen-bond acceptors (Lipinski definition) is 2. The first-order chi connectivity index (χ1) is 8.10. The van der Waals surface area contributed by atoms with Crippen molar-refractivity contribution in [1.82, 2.24) is 4.90 Å². The van der Waals surface area contributed by atoms with Crippen molar-refractivity contribution in [3.63, 3.8) is 0 Å². The largest absolute Gasteiger partial charge is 0.480 e. The monoisotopic (exact) mass is 239 g/mol. The van der Waals surface area contributed by atoms with Crippen molar-refractivity contribution in [2.45, 2.75) is 57.9 Å². The molecular formula is C13H21NO3. The van der Waals surface area contributed by atoms with Crippen molar-refractivity contribution in [3.05, 3.63) is 0 Å². The van der Waals surface area contributed by atoms with Crippen molar-refractivity contribution in [2.24, 2.45) is 5.41 Å². The zero-order valence-corrected chi connectivity index (χ0v) is 10.4. The fraction of sp³-hybridized carbons (Fsp3) is 0.846. The van der Waals surface area contributed by atoms with E-state index in [-0.39, 0.29) is 11.3 Å². The summed E-state index contributed by atoms with van der Waals surface area (Å²) in [6.07, 6.45) is 6.35. The molecule has 1 unspecified atom stereocenters. The molecule has 2 rings (SSSR count). The minimum Gasteiger partial charge on any atom is -0.480 e. The van der Waals surface area contributed by atoms with Gasteiger partial charge in [-0.25, -0.2) is 4.79 Å². The summed E-state index contributed by atoms with van der Waals surface area (Å²) in [5.74, 6) is -0.748. The van der Waals surface area contributed by atoms with Gasteiger partial charge in [0.25, 0.3) is 0 Å². The summed E-state index contributed by atoms with van der Waals surface area (Å²) in [5, 5.41) is 9.14. The van der Waals surface area contributed by atoms with Gasteiger partial charge < -0.3 is 10.0 Å². The highest BCUT2D eigenvalue weighted by Crippen LogP contribution is 2.43. The molecule has 0 aromatic heterocycles. The van der Waals surface area contributed by atoms with Crippen LogP contribution < -0.4 is 0 Å². The summed E-state index contributed by atoms with van der Waals surface area (Å²) in [5.41, 5.74) is -0.252. The Hall–Kier alpha value is -1.06. The summed E-state index contributed by atoms with van der Waals surface area (Å²) in [6.45, 7) is 2.67. The van der Waals surface area contributed by atoms with Gasteiger partial charge in [-0.3, -0.25) is 4.79 Å². The molecule has 1 aliphatic carbocycles. The average Bonchev–Trinajstić information content (AvgIpc) is 2.98. The molecule has 4 heteroatoms. The van der Waals surface area contributed by atoms with Gasteiger partial charge >= 0.3 is 5.97 Å². The van der Waals surface area contributed by atoms with Crippen molar-refractivity contribution in [1.29, 1.82) is 0 Å². The van der Waals surface area contributed by atoms with Crippen LogP contribution in [0.4, 0.5) is 0 Å². The summed E-state index contributed by atoms with van der Waals surface area (Å²) in [6, 6.07) is -0.577. The lowest BCUT2D eigenvalue weighted by molar-refractivity contribution is -0.153. The van der Waals surface area contributed by atoms with E-state index in [1.165, 1.54) is 0 Å². The number of nitrogens with zero attached hydrogens (tertiary/aromatic N) is 1. The van der Waals surface area contributed by atoms with Crippen molar-refractivity contribution in [2.75, 3.05) is 6.54 Å². The second-order valence-electron chi connectivity index (χ2n) is 5.34. The number of amides is 1. The Morgan fingerprint density at radius 2 is 1.94 bits per heavy atom. The first-order valence-corrected chi connectivity index (χ1v) is 6.64. The molecule has 0 radical (unpaired) electrons. The molecule has 4 nitrogen and oxygen atoms in total. The van der Waals surface area contributed by atoms with Gasteiger partial charge in [0.1, 0.15) is 6.04 Å². The second-order valence-corrected chi connectivity index (χ2v) is 5.34. The van der Waals surface area contributed by atoms with Crippen LogP contribution in [0, 0.1) is 5.41 Å². The number of hydrogen-bond donors (Lipinski definition) is 1. The van der Waals surface area contributed by atoms with Crippen LogP contribution in [-0.4, -0.2) is 34.5 Å². The van der Waals surface area contributed by atoms with Crippen LogP contribution in [0.2, 0.25) is 0 Å². The molecule has 1 atom stereocenters. The average molecular weight is 239 g/mol. The molecule has 17 heavy (non-hydrogen) atoms. The number of carboxylic acid groups (broad SMARTS) is 1. The number of carbonyl (C=O) groups excluding carboxylic acids is 1. The Kier molecular flexibility index (Phi) is 3.40. The summed E-state index contributed by atoms with van der Waals surface area (Å²) < 4.78 is 0. The maximum atomic E-state index is 12.6. The van der Waals surface area contributed by atoms with E-state index in [9.17, 15) is 9.59 Å². The van der Waals surface area contributed by atoms with E-state index in [0.29, 0.717) is 13.0 Å². The number of likely N-dealkylation sites (tertiary alicyclic amines) is 1. The van der Waals surface area contributed by atoms with Crippen molar-refractivity contribution >= 4 is 11.9 Å². The lowest BCUT2D eigenvalue weighted by Crippen LogP contribution is -2.47. The zero-order valence-electron chi connectivity index (χ0n) is 10.4. The highest BCUT2D eigenvalue weighted by atomic mass is 16.4. The van der Waals surface area contributed by atoms with Crippen LogP contribution in [0.15, 0.2) is 0 Å². The molecule has 2 fully saturated rings. The van der Waals surface area contributed by atoms with Gasteiger partial charge in [-0.15, -0.1) is 0 Å². The molecule has 0 aromatic carbocycles. The van der Waals surface area contributed by atoms with E-state index in [4.69, 9.17) is 5.11 Å². The standard InChI is InChI=1S/C13H21NO3/c1-2-13(7-3-4-8-13)12(17)14-9-5-6-10(14)11(15)16/h10H,2-9H2,1H3,(H,15,16). The normalized spacial score (nSPS) is 27.4. The Labute approximate surface area is 102 Å². The van der Waals surface area contributed by atoms with E-state index >= 15 is 0 Å². The quantitative estimate of drug-likeness (QED) is 0.819. The second kappa shape index (κ2) is 4.67. The molecule has 1 amide bonds. The molecule has 0 spiro atoms. The fourth-order valence-electron chi connectivity index (χ4n) is 3.34. The molecule has 1 aliphatic heterocycles. The van der Waals surface area contributed by atoms with E-state index in [1.54, 1.807) is 4.90 Å². The lowest BCUT2D eigenvalue weighted by Gasteiger charge is -2.33. The van der Waals surface area contributed by atoms with Crippen molar-refractivity contribution < 1.29 is 14.7 Å². The molecule has 96 valence electrons. The van der Waals surface area contributed by atoms with Gasteiger partial charge in [0, 0.05) is 12.0 Å². The van der Waals surface area contributed by atoms with Gasteiger partial charge in [-0.2, -0.15) is 0 Å². The highest BCUT2D eigenvalue weighted by molar-refractivity contribution is 5.88. The molecule has 1 N–H and O–H groups in total. The van der Waals surface area contributed by atoms with Gasteiger partial charge in [-0.05, 0) is 32.1 Å². The first-order valence-electron chi connectivity index (χ1n) is 6.64. The summed E-state index contributed by atoms with van der Waals surface area (Å²) in [7, 11) is 0. The number of rotatable bonds is 3. The van der Waals surface area contributed by atoms with E-state index < -0.39 is 12.0 Å². The Bertz CT molecular complexity index is 321. The van der Waals surface area contributed by atoms with E-state index in [0.717, 1.165) is 38.5 Å². The molecule has 1 heterocycles. The van der Waals surface area contributed by atoms with Gasteiger partial charge in [0.05, 0.1) is 0 Å². The predicted octanol–water partition coefficient (Wildman–Crippen LogP) is 2.03. The van der Waals surface area contributed by atoms with Crippen LogP contribution in [-0.2, 0) is 9.59 Å². The topological polar surface area (TPSA) is 57.6 Å². The summed E-state index contributed by atoms with van der Waals surface area (Å²) >= 11 is 0. The summed E-state index contributed by atoms with van der Waals surface area (Å²) in [4.78, 5) is 25.3. The molecule has 0 bridgehead atoms. The van der Waals surface area contributed by atoms with Gasteiger partial charge in [0.15, 0.2) is 0 Å². The molecule has 2 aliphatic rings. The van der Waals surface area contributed by atoms with E-state index in [1.807, 2.05) is 0 Å². The van der Waals surface area contributed by atoms with Crippen LogP contribution in [0.1, 0.15) is 51.9 Å². The van der Waals surface area contributed by atoms with Crippen LogP contribution in [0.3, 0.4) is 0 Å². The maximum Gasteiger partial charge on any atom is 0.326 e. The number of carbonyl (C=O) groups is 2. The Morgan fingerprint density at radius 3 is 2.47 bits per heavy atom. The Balaban J connectivity index is 2.15. The third-order valence-corrected chi connectivity index (χ3v) is 4.49. The van der Waals surface area contributed by atoms with Gasteiger partial charge in [-0.1, -0.05) is 19.8 Å². The third kappa shape index (κ3) is 2.05. The van der Waals surface area contributed by atoms with Crippen LogP contribution in [0.25, 0.3) is 0 Å². The third-order valence-electron chi connectivity index (χ3n) is 4.49. The Morgan fingerprint density at radius 1 is 1.29 bits per heavy atom. The van der Waals surface area contributed by atoms with Crippen LogP contribution >= 0.6 is 0 Å². The van der Waals surface area contributed by atoms with Crippen LogP contribution in [0.5, 0.6) is 0 Å². The maximum absolute atomic E-state index is 12.6. The molecular weight excluding hydrogens is 218 g/mol. The minimum atomic E-state index is -0.847. The molecule has 1 saturated heterocycles. The minimum absolute atomic E-state index is 0.0994. The lowest BCUT2D eigenvalue weighted by atomic mass is 9.81. The first kappa shape index (κ1) is 12.4. The van der Waals surface area contributed by atoms with E-state index in [2.05, 4.69) is 6.92 Å². The molecule has 1 saturated carbocycles. The SMILES string of the molecule is CCC1(C(=O)N2CCCC2C(=O)O)CCCC1. The zero-order chi connectivity index (χ0) is 12.5. The fourth-order valence-corrected chi connectivity index (χ4v) is 3.34. The number of aliphatic carboxylic acids is 1. The predicted molar refractivity (Wildman–Crippen MR) is 63.6 cm³/mol.